The van der Waals surface area contributed by atoms with Gasteiger partial charge in [0.1, 0.15) is 11.6 Å². The van der Waals surface area contributed by atoms with Gasteiger partial charge in [-0.2, -0.15) is 5.26 Å². The van der Waals surface area contributed by atoms with Crippen LogP contribution < -0.4 is 5.32 Å². The maximum Gasteiger partial charge on any atom is 0.349 e. The Kier molecular flexibility index (Phi) is 9.84. The molecule has 31 heavy (non-hydrogen) atoms. The van der Waals surface area contributed by atoms with E-state index in [1.54, 1.807) is 6.08 Å². The zero-order valence-corrected chi connectivity index (χ0v) is 19.5. The molecule has 0 saturated heterocycles. The predicted molar refractivity (Wildman–Crippen MR) is 122 cm³/mol. The van der Waals surface area contributed by atoms with E-state index in [9.17, 15) is 14.9 Å². The molecule has 0 aromatic carbocycles. The molecule has 1 aliphatic rings. The highest BCUT2D eigenvalue weighted by atomic mass is 16.5. The Morgan fingerprint density at radius 3 is 2.48 bits per heavy atom. The maximum absolute atomic E-state index is 12.4. The number of esters is 1. The maximum atomic E-state index is 12.4. The van der Waals surface area contributed by atoms with Gasteiger partial charge in [-0.1, -0.05) is 46.0 Å². The minimum Gasteiger partial charge on any atom is -0.451 e. The molecular formula is C25H37N3O3. The fraction of sp³-hybridized carbons (Fsp3) is 0.640. The number of ether oxygens (including phenoxy) is 1. The molecule has 0 aliphatic heterocycles. The third-order valence-electron chi connectivity index (χ3n) is 5.99. The van der Waals surface area contributed by atoms with Crippen LogP contribution in [0.15, 0.2) is 11.6 Å². The van der Waals surface area contributed by atoms with E-state index >= 15 is 0 Å². The van der Waals surface area contributed by atoms with Crippen LogP contribution in [0, 0.1) is 31.1 Å². The van der Waals surface area contributed by atoms with E-state index in [2.05, 4.69) is 23.7 Å². The quantitative estimate of drug-likeness (QED) is 0.366. The lowest BCUT2D eigenvalue weighted by Crippen LogP contribution is -2.38. The van der Waals surface area contributed by atoms with E-state index in [4.69, 9.17) is 4.74 Å². The first-order valence-corrected chi connectivity index (χ1v) is 11.6. The SMILES string of the molecule is Cc1cc(C=C(C#N)C(=O)OCC(=O)NC2CCCCCCC2)c(C)n1CCC(C)C. The van der Waals surface area contributed by atoms with Crippen molar-refractivity contribution in [1.82, 2.24) is 9.88 Å². The highest BCUT2D eigenvalue weighted by Gasteiger charge is 2.18. The molecule has 1 fully saturated rings. The van der Waals surface area contributed by atoms with Crippen molar-refractivity contribution in [3.8, 4) is 6.07 Å². The molecule has 1 aromatic rings. The third-order valence-corrected chi connectivity index (χ3v) is 5.99. The number of aryl methyl sites for hydroxylation is 1. The lowest BCUT2D eigenvalue weighted by atomic mass is 9.97. The van der Waals surface area contributed by atoms with Gasteiger partial charge in [-0.3, -0.25) is 4.79 Å². The van der Waals surface area contributed by atoms with Crippen molar-refractivity contribution in [3.05, 3.63) is 28.6 Å². The lowest BCUT2D eigenvalue weighted by molar-refractivity contribution is -0.144. The normalized spacial score (nSPS) is 15.8. The smallest absolute Gasteiger partial charge is 0.349 e. The monoisotopic (exact) mass is 427 g/mol. The molecule has 1 aliphatic carbocycles. The van der Waals surface area contributed by atoms with Crippen LogP contribution in [-0.2, 0) is 20.9 Å². The highest BCUT2D eigenvalue weighted by Crippen LogP contribution is 2.20. The number of carbonyl (C=O) groups excluding carboxylic acids is 2. The topological polar surface area (TPSA) is 84.1 Å². The number of amides is 1. The third kappa shape index (κ3) is 7.90. The Labute approximate surface area is 186 Å². The summed E-state index contributed by atoms with van der Waals surface area (Å²) >= 11 is 0. The Morgan fingerprint density at radius 2 is 1.87 bits per heavy atom. The van der Waals surface area contributed by atoms with Crippen molar-refractivity contribution in [2.24, 2.45) is 5.92 Å². The van der Waals surface area contributed by atoms with Crippen molar-refractivity contribution in [2.45, 2.75) is 91.6 Å². The van der Waals surface area contributed by atoms with Crippen molar-refractivity contribution in [3.63, 3.8) is 0 Å². The molecule has 170 valence electrons. The van der Waals surface area contributed by atoms with Crippen LogP contribution >= 0.6 is 0 Å². The van der Waals surface area contributed by atoms with Gasteiger partial charge in [0.05, 0.1) is 0 Å². The standard InChI is InChI=1S/C25H37N3O3/c1-18(2)12-13-28-19(3)14-21(20(28)4)15-22(16-26)25(30)31-17-24(29)27-23-10-8-6-5-7-9-11-23/h14-15,18,23H,5-13,17H2,1-4H3,(H,27,29). The molecule has 0 unspecified atom stereocenters. The van der Waals surface area contributed by atoms with Gasteiger partial charge in [-0.15, -0.1) is 0 Å². The zero-order chi connectivity index (χ0) is 22.8. The van der Waals surface area contributed by atoms with Crippen LogP contribution in [0.1, 0.15) is 82.2 Å². The Bertz CT molecular complexity index is 822. The summed E-state index contributed by atoms with van der Waals surface area (Å²) < 4.78 is 7.34. The fourth-order valence-corrected chi connectivity index (χ4v) is 4.08. The second-order valence-corrected chi connectivity index (χ2v) is 9.02. The predicted octanol–water partition coefficient (Wildman–Crippen LogP) is 4.83. The molecule has 1 heterocycles. The summed E-state index contributed by atoms with van der Waals surface area (Å²) in [6.45, 7) is 8.92. The summed E-state index contributed by atoms with van der Waals surface area (Å²) in [5.74, 6) is -0.469. The van der Waals surface area contributed by atoms with Gasteiger partial charge in [0.25, 0.3) is 5.91 Å². The van der Waals surface area contributed by atoms with E-state index in [1.165, 1.54) is 19.3 Å². The molecule has 6 nitrogen and oxygen atoms in total. The average Bonchev–Trinajstić information content (AvgIpc) is 2.97. The molecule has 2 rings (SSSR count). The van der Waals surface area contributed by atoms with E-state index in [-0.39, 0.29) is 24.1 Å². The van der Waals surface area contributed by atoms with Crippen LogP contribution in [0.3, 0.4) is 0 Å². The number of hydrogen-bond donors (Lipinski definition) is 1. The Morgan fingerprint density at radius 1 is 1.23 bits per heavy atom. The van der Waals surface area contributed by atoms with Crippen molar-refractivity contribution >= 4 is 18.0 Å². The molecule has 1 N–H and O–H groups in total. The number of carbonyl (C=O) groups is 2. The van der Waals surface area contributed by atoms with Gasteiger partial charge in [0.2, 0.25) is 0 Å². The van der Waals surface area contributed by atoms with E-state index < -0.39 is 5.97 Å². The molecule has 0 spiro atoms. The van der Waals surface area contributed by atoms with Crippen LogP contribution in [0.25, 0.3) is 6.08 Å². The number of aromatic nitrogens is 1. The first kappa shape index (κ1) is 24.7. The van der Waals surface area contributed by atoms with Crippen LogP contribution in [-0.4, -0.2) is 29.1 Å². The minimum absolute atomic E-state index is 0.0946. The number of rotatable bonds is 8. The van der Waals surface area contributed by atoms with Crippen LogP contribution in [0.4, 0.5) is 0 Å². The molecule has 6 heteroatoms. The average molecular weight is 428 g/mol. The summed E-state index contributed by atoms with van der Waals surface area (Å²) in [5.41, 5.74) is 2.84. The van der Waals surface area contributed by atoms with Crippen LogP contribution in [0.5, 0.6) is 0 Å². The van der Waals surface area contributed by atoms with Crippen molar-refractivity contribution < 1.29 is 14.3 Å². The van der Waals surface area contributed by atoms with Gasteiger partial charge in [0.15, 0.2) is 6.61 Å². The first-order chi connectivity index (χ1) is 14.8. The second-order valence-electron chi connectivity index (χ2n) is 9.02. The zero-order valence-electron chi connectivity index (χ0n) is 19.5. The van der Waals surface area contributed by atoms with E-state index in [1.807, 2.05) is 26.0 Å². The number of nitrogens with zero attached hydrogens (tertiary/aromatic N) is 2. The molecule has 0 bridgehead atoms. The molecule has 1 amide bonds. The van der Waals surface area contributed by atoms with Gasteiger partial charge >= 0.3 is 5.97 Å². The van der Waals surface area contributed by atoms with Crippen LogP contribution in [0.2, 0.25) is 0 Å². The van der Waals surface area contributed by atoms with Gasteiger partial charge in [-0.05, 0) is 56.7 Å². The molecular weight excluding hydrogens is 390 g/mol. The lowest BCUT2D eigenvalue weighted by Gasteiger charge is -2.20. The Hall–Kier alpha value is -2.55. The van der Waals surface area contributed by atoms with Crippen molar-refractivity contribution in [1.29, 1.82) is 5.26 Å². The summed E-state index contributed by atoms with van der Waals surface area (Å²) in [7, 11) is 0. The Balaban J connectivity index is 1.95. The molecule has 1 saturated carbocycles. The largest absolute Gasteiger partial charge is 0.451 e. The minimum atomic E-state index is -0.762. The molecule has 0 radical (unpaired) electrons. The number of nitrogens with one attached hydrogen (secondary N) is 1. The molecule has 1 aromatic heterocycles. The number of hydrogen-bond acceptors (Lipinski definition) is 4. The molecule has 0 atom stereocenters. The van der Waals surface area contributed by atoms with E-state index in [0.29, 0.717) is 5.92 Å². The summed E-state index contributed by atoms with van der Waals surface area (Å²) in [5, 5.41) is 12.4. The van der Waals surface area contributed by atoms with E-state index in [0.717, 1.165) is 55.6 Å². The van der Waals surface area contributed by atoms with Gasteiger partial charge < -0.3 is 14.6 Å². The highest BCUT2D eigenvalue weighted by molar-refractivity contribution is 5.99. The summed E-state index contributed by atoms with van der Waals surface area (Å²) in [6, 6.07) is 4.04. The summed E-state index contributed by atoms with van der Waals surface area (Å²) in [6.07, 6.45) is 10.5. The van der Waals surface area contributed by atoms with Gasteiger partial charge in [-0.25, -0.2) is 4.79 Å². The fourth-order valence-electron chi connectivity index (χ4n) is 4.08. The second kappa shape index (κ2) is 12.3. The first-order valence-electron chi connectivity index (χ1n) is 11.6. The van der Waals surface area contributed by atoms with Crippen molar-refractivity contribution in [2.75, 3.05) is 6.61 Å². The number of nitriles is 1. The van der Waals surface area contributed by atoms with Gasteiger partial charge in [0, 0.05) is 24.0 Å². The summed E-state index contributed by atoms with van der Waals surface area (Å²) in [4.78, 5) is 24.6.